The maximum atomic E-state index is 13.0. The van der Waals surface area contributed by atoms with E-state index in [9.17, 15) is 14.7 Å². The maximum Gasteiger partial charge on any atom is 0.254 e. The highest BCUT2D eigenvalue weighted by Gasteiger charge is 2.50. The first-order chi connectivity index (χ1) is 15.4. The molecule has 2 N–H and O–H groups in total. The van der Waals surface area contributed by atoms with Crippen molar-refractivity contribution < 1.29 is 14.7 Å². The Labute approximate surface area is 189 Å². The van der Waals surface area contributed by atoms with Crippen LogP contribution in [0, 0.1) is 0 Å². The predicted molar refractivity (Wildman–Crippen MR) is 123 cm³/mol. The lowest BCUT2D eigenvalue weighted by Crippen LogP contribution is -2.53. The highest BCUT2D eigenvalue weighted by Crippen LogP contribution is 2.39. The minimum atomic E-state index is -1.13. The van der Waals surface area contributed by atoms with Gasteiger partial charge < -0.3 is 20.2 Å². The summed E-state index contributed by atoms with van der Waals surface area (Å²) >= 11 is 0. The molecule has 32 heavy (non-hydrogen) atoms. The first-order valence-electron chi connectivity index (χ1n) is 12.2. The van der Waals surface area contributed by atoms with Gasteiger partial charge in [0, 0.05) is 44.0 Å². The van der Waals surface area contributed by atoms with Gasteiger partial charge in [-0.2, -0.15) is 0 Å². The first-order valence-corrected chi connectivity index (χ1v) is 12.2. The van der Waals surface area contributed by atoms with E-state index in [4.69, 9.17) is 4.99 Å². The van der Waals surface area contributed by atoms with Crippen LogP contribution in [0.2, 0.25) is 0 Å². The Morgan fingerprint density at radius 3 is 2.44 bits per heavy atom. The van der Waals surface area contributed by atoms with E-state index in [0.717, 1.165) is 38.6 Å². The summed E-state index contributed by atoms with van der Waals surface area (Å²) in [5.74, 6) is -0.172. The summed E-state index contributed by atoms with van der Waals surface area (Å²) in [6.07, 6.45) is 6.63. The number of hydrogen-bond donors (Lipinski definition) is 2. The number of benzene rings is 1. The zero-order valence-corrected chi connectivity index (χ0v) is 19.0. The number of nitrogens with zero attached hydrogens (tertiary/aromatic N) is 3. The van der Waals surface area contributed by atoms with Crippen LogP contribution in [0.15, 0.2) is 29.3 Å². The van der Waals surface area contributed by atoms with Crippen LogP contribution in [-0.2, 0) is 4.79 Å². The fourth-order valence-electron chi connectivity index (χ4n) is 5.61. The first kappa shape index (κ1) is 21.6. The number of aliphatic hydroxyl groups is 1. The molecule has 7 nitrogen and oxygen atoms in total. The molecule has 4 aliphatic rings. The number of amides is 2. The zero-order chi connectivity index (χ0) is 22.3. The third-order valence-corrected chi connectivity index (χ3v) is 7.73. The summed E-state index contributed by atoms with van der Waals surface area (Å²) in [4.78, 5) is 33.9. The van der Waals surface area contributed by atoms with E-state index in [-0.39, 0.29) is 23.4 Å². The lowest BCUT2D eigenvalue weighted by Gasteiger charge is -2.36. The second-order valence-corrected chi connectivity index (χ2v) is 9.88. The average molecular weight is 439 g/mol. The van der Waals surface area contributed by atoms with E-state index in [2.05, 4.69) is 24.4 Å². The summed E-state index contributed by atoms with van der Waals surface area (Å²) < 4.78 is 0. The van der Waals surface area contributed by atoms with Crippen molar-refractivity contribution in [2.45, 2.75) is 69.1 Å². The fraction of sp³-hybridized carbons (Fsp3) is 0.640. The fourth-order valence-corrected chi connectivity index (χ4v) is 5.61. The van der Waals surface area contributed by atoms with Gasteiger partial charge in [-0.05, 0) is 56.2 Å². The van der Waals surface area contributed by atoms with Gasteiger partial charge in [-0.3, -0.25) is 14.6 Å². The van der Waals surface area contributed by atoms with E-state index >= 15 is 0 Å². The van der Waals surface area contributed by atoms with Crippen molar-refractivity contribution in [2.75, 3.05) is 32.7 Å². The second kappa shape index (κ2) is 8.27. The Kier molecular flexibility index (Phi) is 5.58. The van der Waals surface area contributed by atoms with Crippen molar-refractivity contribution in [1.29, 1.82) is 0 Å². The monoisotopic (exact) mass is 438 g/mol. The molecule has 2 saturated heterocycles. The lowest BCUT2D eigenvalue weighted by atomic mass is 9.80. The van der Waals surface area contributed by atoms with Crippen molar-refractivity contribution in [3.05, 3.63) is 35.4 Å². The summed E-state index contributed by atoms with van der Waals surface area (Å²) in [5.41, 5.74) is 2.19. The Hall–Kier alpha value is -2.25. The molecule has 7 heteroatoms. The van der Waals surface area contributed by atoms with Crippen molar-refractivity contribution >= 4 is 17.5 Å². The van der Waals surface area contributed by atoms with Gasteiger partial charge in [0.05, 0.1) is 11.6 Å². The quantitative estimate of drug-likeness (QED) is 0.739. The van der Waals surface area contributed by atoms with Gasteiger partial charge in [0.25, 0.3) is 11.8 Å². The second-order valence-electron chi connectivity index (χ2n) is 9.88. The number of piperazine rings is 1. The molecule has 5 rings (SSSR count). The van der Waals surface area contributed by atoms with Crippen molar-refractivity contribution in [3.8, 4) is 0 Å². The molecular weight excluding hydrogens is 404 g/mol. The topological polar surface area (TPSA) is 85.2 Å². The molecule has 1 aliphatic carbocycles. The minimum absolute atomic E-state index is 0.00527. The van der Waals surface area contributed by atoms with Crippen LogP contribution in [0.1, 0.15) is 73.8 Å². The van der Waals surface area contributed by atoms with E-state index in [0.29, 0.717) is 44.6 Å². The van der Waals surface area contributed by atoms with Crippen LogP contribution in [0.25, 0.3) is 0 Å². The van der Waals surface area contributed by atoms with E-state index in [1.54, 1.807) is 9.80 Å². The standard InChI is InChI=1S/C25H34N4O3/c1-2-9-24-10-7-20(27-21(24)8-13-26-24)18-3-5-19(6-4-18)22(30)28-14-16-29(17-15-28)23(31)25(32)11-12-25/h3-6,20,26,32H,2,7-17H2,1H3. The normalized spacial score (nSPS) is 28.8. The number of carbonyl (C=O) groups is 2. The van der Waals surface area contributed by atoms with Crippen LogP contribution in [0.5, 0.6) is 0 Å². The molecule has 3 fully saturated rings. The molecule has 0 radical (unpaired) electrons. The summed E-state index contributed by atoms with van der Waals surface area (Å²) in [7, 11) is 0. The number of nitrogens with one attached hydrogen (secondary N) is 1. The largest absolute Gasteiger partial charge is 0.380 e. The van der Waals surface area contributed by atoms with Gasteiger partial charge in [-0.15, -0.1) is 0 Å². The van der Waals surface area contributed by atoms with E-state index < -0.39 is 5.60 Å². The summed E-state index contributed by atoms with van der Waals surface area (Å²) in [6.45, 7) is 5.24. The van der Waals surface area contributed by atoms with Gasteiger partial charge in [0.1, 0.15) is 5.60 Å². The Bertz CT molecular complexity index is 916. The van der Waals surface area contributed by atoms with Gasteiger partial charge >= 0.3 is 0 Å². The van der Waals surface area contributed by atoms with Crippen LogP contribution in [0.3, 0.4) is 0 Å². The highest BCUT2D eigenvalue weighted by atomic mass is 16.3. The molecule has 0 bridgehead atoms. The molecule has 3 aliphatic heterocycles. The lowest BCUT2D eigenvalue weighted by molar-refractivity contribution is -0.143. The molecule has 2 unspecified atom stereocenters. The molecule has 2 atom stereocenters. The zero-order valence-electron chi connectivity index (χ0n) is 19.0. The van der Waals surface area contributed by atoms with Gasteiger partial charge in [0.2, 0.25) is 0 Å². The number of carbonyl (C=O) groups excluding carboxylic acids is 2. The third-order valence-electron chi connectivity index (χ3n) is 7.73. The van der Waals surface area contributed by atoms with Gasteiger partial charge in [0.15, 0.2) is 0 Å². The average Bonchev–Trinajstić information content (AvgIpc) is 3.44. The summed E-state index contributed by atoms with van der Waals surface area (Å²) in [5, 5.41) is 13.8. The maximum absolute atomic E-state index is 13.0. The molecule has 1 saturated carbocycles. The molecule has 3 heterocycles. The molecule has 0 spiro atoms. The smallest absolute Gasteiger partial charge is 0.254 e. The van der Waals surface area contributed by atoms with Crippen molar-refractivity contribution in [2.24, 2.45) is 4.99 Å². The Morgan fingerprint density at radius 1 is 1.09 bits per heavy atom. The highest BCUT2D eigenvalue weighted by molar-refractivity contribution is 5.96. The van der Waals surface area contributed by atoms with Crippen LogP contribution in [0.4, 0.5) is 0 Å². The van der Waals surface area contributed by atoms with E-state index in [1.165, 1.54) is 11.3 Å². The SMILES string of the molecule is CCCC12CCC(c3ccc(C(=O)N4CCN(C(=O)C5(O)CC5)CC4)cc3)N=C1CCN2. The molecule has 1 aromatic rings. The van der Waals surface area contributed by atoms with Gasteiger partial charge in [-0.1, -0.05) is 25.5 Å². The van der Waals surface area contributed by atoms with Crippen LogP contribution in [-0.4, -0.2) is 76.3 Å². The summed E-state index contributed by atoms with van der Waals surface area (Å²) in [6, 6.07) is 8.13. The molecular formula is C25H34N4O3. The predicted octanol–water partition coefficient (Wildman–Crippen LogP) is 2.30. The molecule has 2 amide bonds. The van der Waals surface area contributed by atoms with Crippen molar-refractivity contribution in [1.82, 2.24) is 15.1 Å². The molecule has 172 valence electrons. The number of fused-ring (bicyclic) bond motifs is 1. The number of rotatable bonds is 5. The Morgan fingerprint density at radius 2 is 1.78 bits per heavy atom. The molecule has 0 aromatic heterocycles. The van der Waals surface area contributed by atoms with Crippen LogP contribution < -0.4 is 5.32 Å². The Balaban J connectivity index is 1.21. The van der Waals surface area contributed by atoms with Crippen LogP contribution >= 0.6 is 0 Å². The van der Waals surface area contributed by atoms with E-state index in [1.807, 2.05) is 12.1 Å². The van der Waals surface area contributed by atoms with Crippen molar-refractivity contribution in [3.63, 3.8) is 0 Å². The number of hydrogen-bond acceptors (Lipinski definition) is 5. The minimum Gasteiger partial charge on any atom is -0.380 e. The van der Waals surface area contributed by atoms with Gasteiger partial charge in [-0.25, -0.2) is 0 Å². The third kappa shape index (κ3) is 3.86. The number of aliphatic imine (C=N–C) groups is 1. The molecule has 1 aromatic carbocycles.